The first-order chi connectivity index (χ1) is 13.4. The highest BCUT2D eigenvalue weighted by Crippen LogP contribution is 2.61. The normalized spacial score (nSPS) is 32.8. The van der Waals surface area contributed by atoms with E-state index >= 15 is 0 Å². The van der Waals surface area contributed by atoms with E-state index in [1.807, 2.05) is 18.2 Å². The number of carbonyl (C=O) groups is 2. The number of rotatable bonds is 7. The lowest BCUT2D eigenvalue weighted by atomic mass is 9.46. The number of anilines is 1. The molecule has 28 heavy (non-hydrogen) atoms. The predicted molar refractivity (Wildman–Crippen MR) is 111 cm³/mol. The molecule has 2 N–H and O–H groups in total. The van der Waals surface area contributed by atoms with Crippen molar-refractivity contribution in [3.8, 4) is 0 Å². The lowest BCUT2D eigenvalue weighted by Crippen LogP contribution is -2.65. The van der Waals surface area contributed by atoms with E-state index in [1.54, 1.807) is 6.92 Å². The van der Waals surface area contributed by atoms with Crippen molar-refractivity contribution in [2.24, 2.45) is 17.3 Å². The van der Waals surface area contributed by atoms with Gasteiger partial charge in [0.25, 0.3) is 0 Å². The summed E-state index contributed by atoms with van der Waals surface area (Å²) < 4.78 is 0. The minimum atomic E-state index is -0.266. The maximum atomic E-state index is 13.2. The number of nitrogens with zero attached hydrogens (tertiary/aromatic N) is 1. The molecule has 4 saturated carbocycles. The number of hydrogen-bond donors (Lipinski definition) is 2. The number of para-hydroxylation sites is 1. The molecule has 4 bridgehead atoms. The lowest BCUT2D eigenvalue weighted by Gasteiger charge is -2.61. The smallest absolute Gasteiger partial charge is 0.226 e. The van der Waals surface area contributed by atoms with Crippen molar-refractivity contribution in [1.29, 1.82) is 0 Å². The van der Waals surface area contributed by atoms with Crippen molar-refractivity contribution in [3.05, 3.63) is 30.3 Å². The highest BCUT2D eigenvalue weighted by Gasteiger charge is 2.60. The Bertz CT molecular complexity index is 719. The molecule has 4 aliphatic rings. The van der Waals surface area contributed by atoms with Gasteiger partial charge in [-0.1, -0.05) is 18.2 Å². The molecule has 0 heterocycles. The molecule has 0 spiro atoms. The zero-order chi connectivity index (χ0) is 19.8. The predicted octanol–water partition coefficient (Wildman–Crippen LogP) is 3.10. The summed E-state index contributed by atoms with van der Waals surface area (Å²) in [6, 6.07) is 10.3. The summed E-state index contributed by atoms with van der Waals surface area (Å²) in [5.74, 6) is 1.44. The number of benzene rings is 1. The van der Waals surface area contributed by atoms with Gasteiger partial charge in [0.15, 0.2) is 0 Å². The van der Waals surface area contributed by atoms with Gasteiger partial charge in [0.1, 0.15) is 0 Å². The zero-order valence-electron chi connectivity index (χ0n) is 17.2. The summed E-state index contributed by atoms with van der Waals surface area (Å²) in [5.41, 5.74) is 0.797. The SMILES string of the molecule is CC(=O)NC12C[C@H]3C[C@@H](C1)CC(C(=O)NCCCN(C)c1ccccc1)(C3)C2. The third-order valence-electron chi connectivity index (χ3n) is 7.14. The molecule has 5 heteroatoms. The van der Waals surface area contributed by atoms with E-state index in [0.717, 1.165) is 45.1 Å². The summed E-state index contributed by atoms with van der Waals surface area (Å²) in [6.45, 7) is 3.23. The van der Waals surface area contributed by atoms with Crippen LogP contribution in [0.25, 0.3) is 0 Å². The summed E-state index contributed by atoms with van der Waals surface area (Å²) >= 11 is 0. The Kier molecular flexibility index (Phi) is 5.11. The van der Waals surface area contributed by atoms with Crippen LogP contribution in [0.1, 0.15) is 51.9 Å². The largest absolute Gasteiger partial charge is 0.375 e. The number of nitrogens with one attached hydrogen (secondary N) is 2. The van der Waals surface area contributed by atoms with E-state index in [9.17, 15) is 9.59 Å². The van der Waals surface area contributed by atoms with Gasteiger partial charge in [-0.15, -0.1) is 0 Å². The van der Waals surface area contributed by atoms with Crippen molar-refractivity contribution in [1.82, 2.24) is 10.6 Å². The van der Waals surface area contributed by atoms with Gasteiger partial charge in [-0.3, -0.25) is 9.59 Å². The molecule has 0 saturated heterocycles. The van der Waals surface area contributed by atoms with E-state index in [1.165, 1.54) is 12.1 Å². The first-order valence-electron chi connectivity index (χ1n) is 10.7. The fraction of sp³-hybridized carbons (Fsp3) is 0.652. The van der Waals surface area contributed by atoms with Gasteiger partial charge in [-0.05, 0) is 68.9 Å². The Morgan fingerprint density at radius 2 is 1.79 bits per heavy atom. The van der Waals surface area contributed by atoms with E-state index in [0.29, 0.717) is 18.4 Å². The zero-order valence-corrected chi connectivity index (χ0v) is 17.2. The minimum absolute atomic E-state index is 0.0430. The number of amides is 2. The van der Waals surface area contributed by atoms with Crippen LogP contribution in [-0.4, -0.2) is 37.5 Å². The first kappa shape index (κ1) is 19.3. The molecule has 4 aliphatic carbocycles. The van der Waals surface area contributed by atoms with Crippen LogP contribution in [0.4, 0.5) is 5.69 Å². The number of carbonyl (C=O) groups excluding carboxylic acids is 2. The molecule has 5 nitrogen and oxygen atoms in total. The minimum Gasteiger partial charge on any atom is -0.375 e. The molecule has 2 amide bonds. The summed E-state index contributed by atoms with van der Waals surface area (Å²) in [4.78, 5) is 27.2. The van der Waals surface area contributed by atoms with Crippen LogP contribution >= 0.6 is 0 Å². The van der Waals surface area contributed by atoms with Gasteiger partial charge in [-0.2, -0.15) is 0 Å². The van der Waals surface area contributed by atoms with Crippen LogP contribution in [0.3, 0.4) is 0 Å². The Labute approximate surface area is 168 Å². The standard InChI is InChI=1S/C23H33N3O2/c1-17(27)25-23-14-18-11-19(15-23)13-22(12-18,16-23)21(28)24-9-6-10-26(2)20-7-4-3-5-8-20/h3-5,7-8,18-19H,6,9-16H2,1-2H3,(H,24,28)(H,25,27)/t18-,19+,22?,23?. The molecular weight excluding hydrogens is 350 g/mol. The second-order valence-electron chi connectivity index (χ2n) is 9.57. The first-order valence-corrected chi connectivity index (χ1v) is 10.7. The third-order valence-corrected chi connectivity index (χ3v) is 7.14. The van der Waals surface area contributed by atoms with E-state index in [-0.39, 0.29) is 22.8 Å². The highest BCUT2D eigenvalue weighted by atomic mass is 16.2. The number of hydrogen-bond acceptors (Lipinski definition) is 3. The van der Waals surface area contributed by atoms with Crippen molar-refractivity contribution in [3.63, 3.8) is 0 Å². The lowest BCUT2D eigenvalue weighted by molar-refractivity contribution is -0.153. The molecule has 5 rings (SSSR count). The Morgan fingerprint density at radius 3 is 2.43 bits per heavy atom. The molecular formula is C23H33N3O2. The summed E-state index contributed by atoms with van der Waals surface area (Å²) in [7, 11) is 2.09. The van der Waals surface area contributed by atoms with Crippen LogP contribution < -0.4 is 15.5 Å². The molecule has 4 atom stereocenters. The average Bonchev–Trinajstić information content (AvgIpc) is 2.63. The topological polar surface area (TPSA) is 61.4 Å². The molecule has 0 radical (unpaired) electrons. The molecule has 1 aromatic carbocycles. The maximum absolute atomic E-state index is 13.2. The van der Waals surface area contributed by atoms with Crippen molar-refractivity contribution >= 4 is 17.5 Å². The van der Waals surface area contributed by atoms with E-state index in [2.05, 4.69) is 34.7 Å². The Balaban J connectivity index is 1.32. The quantitative estimate of drug-likeness (QED) is 0.711. The van der Waals surface area contributed by atoms with Crippen LogP contribution in [0.15, 0.2) is 30.3 Å². The average molecular weight is 384 g/mol. The van der Waals surface area contributed by atoms with Gasteiger partial charge in [0, 0.05) is 38.3 Å². The second kappa shape index (κ2) is 7.41. The monoisotopic (exact) mass is 383 g/mol. The maximum Gasteiger partial charge on any atom is 0.226 e. The molecule has 0 aromatic heterocycles. The van der Waals surface area contributed by atoms with E-state index < -0.39 is 0 Å². The molecule has 152 valence electrons. The molecule has 2 unspecified atom stereocenters. The highest BCUT2D eigenvalue weighted by molar-refractivity contribution is 5.84. The fourth-order valence-corrected chi connectivity index (χ4v) is 6.57. The second-order valence-corrected chi connectivity index (χ2v) is 9.57. The molecule has 4 fully saturated rings. The Hall–Kier alpha value is -2.04. The molecule has 0 aliphatic heterocycles. The molecule has 1 aromatic rings. The van der Waals surface area contributed by atoms with Crippen LogP contribution in [0, 0.1) is 17.3 Å². The van der Waals surface area contributed by atoms with Crippen molar-refractivity contribution in [2.45, 2.75) is 57.4 Å². The van der Waals surface area contributed by atoms with Crippen LogP contribution in [-0.2, 0) is 9.59 Å². The van der Waals surface area contributed by atoms with Crippen LogP contribution in [0.5, 0.6) is 0 Å². The van der Waals surface area contributed by atoms with Crippen LogP contribution in [0.2, 0.25) is 0 Å². The van der Waals surface area contributed by atoms with Crippen molar-refractivity contribution < 1.29 is 9.59 Å². The third kappa shape index (κ3) is 3.76. The fourth-order valence-electron chi connectivity index (χ4n) is 6.57. The van der Waals surface area contributed by atoms with E-state index in [4.69, 9.17) is 0 Å². The van der Waals surface area contributed by atoms with Crippen molar-refractivity contribution in [2.75, 3.05) is 25.0 Å². The summed E-state index contributed by atoms with van der Waals surface area (Å²) in [5, 5.41) is 6.48. The van der Waals surface area contributed by atoms with Gasteiger partial charge in [-0.25, -0.2) is 0 Å². The van der Waals surface area contributed by atoms with Gasteiger partial charge < -0.3 is 15.5 Å². The van der Waals surface area contributed by atoms with Gasteiger partial charge in [0.2, 0.25) is 11.8 Å². The van der Waals surface area contributed by atoms with Gasteiger partial charge >= 0.3 is 0 Å². The Morgan fingerprint density at radius 1 is 1.11 bits per heavy atom. The summed E-state index contributed by atoms with van der Waals surface area (Å²) in [6.07, 6.45) is 7.10. The van der Waals surface area contributed by atoms with Gasteiger partial charge in [0.05, 0.1) is 5.41 Å².